The molecule has 0 heterocycles. The molecular weight excluding hydrogens is 309 g/mol. The Morgan fingerprint density at radius 1 is 1.35 bits per heavy atom. The zero-order chi connectivity index (χ0) is 15.7. The standard InChI is InChI=1S/C11H15ClFN3O3S/c1-11(2,3)15-10(17)16-20(18,19)8-5-6(14)4-7(12)9(8)13/h4-5H,14H2,1-3H3,(H2,15,16,17). The fourth-order valence-corrected chi connectivity index (χ4v) is 2.65. The number of carbonyl (C=O) groups excluding carboxylic acids is 1. The van der Waals surface area contributed by atoms with Gasteiger partial charge in [-0.2, -0.15) is 0 Å². The van der Waals surface area contributed by atoms with Crippen LogP contribution in [0.4, 0.5) is 14.9 Å². The van der Waals surface area contributed by atoms with Crippen LogP contribution in [0.5, 0.6) is 0 Å². The van der Waals surface area contributed by atoms with Crippen LogP contribution in [0.2, 0.25) is 5.02 Å². The molecule has 1 aromatic carbocycles. The Morgan fingerprint density at radius 3 is 2.40 bits per heavy atom. The molecule has 0 aliphatic heterocycles. The summed E-state index contributed by atoms with van der Waals surface area (Å²) in [6.45, 7) is 4.99. The van der Waals surface area contributed by atoms with E-state index in [1.807, 2.05) is 0 Å². The van der Waals surface area contributed by atoms with Crippen molar-refractivity contribution in [1.82, 2.24) is 10.0 Å². The minimum absolute atomic E-state index is 0.0343. The third-order valence-corrected chi connectivity index (χ3v) is 3.63. The van der Waals surface area contributed by atoms with E-state index in [1.54, 1.807) is 25.5 Å². The van der Waals surface area contributed by atoms with Crippen molar-refractivity contribution in [2.45, 2.75) is 31.2 Å². The van der Waals surface area contributed by atoms with E-state index in [1.165, 1.54) is 0 Å². The number of rotatable bonds is 2. The number of halogens is 2. The van der Waals surface area contributed by atoms with Gasteiger partial charge in [-0.05, 0) is 32.9 Å². The first-order valence-electron chi connectivity index (χ1n) is 5.52. The van der Waals surface area contributed by atoms with E-state index in [0.717, 1.165) is 12.1 Å². The Balaban J connectivity index is 3.10. The molecule has 0 spiro atoms. The largest absolute Gasteiger partial charge is 0.399 e. The second-order valence-electron chi connectivity index (χ2n) is 5.12. The lowest BCUT2D eigenvalue weighted by molar-refractivity contribution is 0.237. The summed E-state index contributed by atoms with van der Waals surface area (Å²) in [5.74, 6) is -1.17. The van der Waals surface area contributed by atoms with E-state index in [-0.39, 0.29) is 5.69 Å². The first-order valence-corrected chi connectivity index (χ1v) is 7.38. The maximum absolute atomic E-state index is 13.7. The number of anilines is 1. The molecule has 9 heteroatoms. The number of hydrogen-bond donors (Lipinski definition) is 3. The van der Waals surface area contributed by atoms with Crippen LogP contribution in [0.1, 0.15) is 20.8 Å². The Hall–Kier alpha value is -1.54. The molecule has 0 saturated carbocycles. The number of urea groups is 1. The molecule has 2 amide bonds. The summed E-state index contributed by atoms with van der Waals surface area (Å²) in [4.78, 5) is 10.8. The van der Waals surface area contributed by atoms with Gasteiger partial charge in [-0.15, -0.1) is 0 Å². The van der Waals surface area contributed by atoms with Crippen molar-refractivity contribution >= 4 is 33.3 Å². The minimum Gasteiger partial charge on any atom is -0.399 e. The van der Waals surface area contributed by atoms with Gasteiger partial charge >= 0.3 is 6.03 Å². The van der Waals surface area contributed by atoms with Gasteiger partial charge in [0.15, 0.2) is 5.82 Å². The summed E-state index contributed by atoms with van der Waals surface area (Å²) in [7, 11) is -4.41. The van der Waals surface area contributed by atoms with Crippen molar-refractivity contribution in [3.8, 4) is 0 Å². The lowest BCUT2D eigenvalue weighted by Crippen LogP contribution is -2.48. The van der Waals surface area contributed by atoms with E-state index >= 15 is 0 Å². The zero-order valence-electron chi connectivity index (χ0n) is 11.1. The second-order valence-corrected chi connectivity index (χ2v) is 7.18. The van der Waals surface area contributed by atoms with Crippen molar-refractivity contribution in [3.05, 3.63) is 23.0 Å². The van der Waals surface area contributed by atoms with Crippen LogP contribution in [0.3, 0.4) is 0 Å². The van der Waals surface area contributed by atoms with Gasteiger partial charge in [-0.25, -0.2) is 22.3 Å². The molecule has 4 N–H and O–H groups in total. The average Bonchev–Trinajstić information content (AvgIpc) is 2.19. The minimum atomic E-state index is -4.41. The normalized spacial score (nSPS) is 12.1. The summed E-state index contributed by atoms with van der Waals surface area (Å²) >= 11 is 5.52. The van der Waals surface area contributed by atoms with Gasteiger partial charge in [-0.1, -0.05) is 11.6 Å². The van der Waals surface area contributed by atoms with Crippen molar-refractivity contribution in [2.75, 3.05) is 5.73 Å². The first-order chi connectivity index (χ1) is 8.92. The third-order valence-electron chi connectivity index (χ3n) is 2.02. The Bertz CT molecular complexity index is 641. The summed E-state index contributed by atoms with van der Waals surface area (Å²) in [6.07, 6.45) is 0. The molecule has 0 aliphatic carbocycles. The van der Waals surface area contributed by atoms with E-state index in [2.05, 4.69) is 5.32 Å². The number of hydrogen-bond acceptors (Lipinski definition) is 4. The van der Waals surface area contributed by atoms with E-state index in [0.29, 0.717) is 0 Å². The SMILES string of the molecule is CC(C)(C)NC(=O)NS(=O)(=O)c1cc(N)cc(Cl)c1F. The molecule has 0 fully saturated rings. The van der Waals surface area contributed by atoms with Crippen molar-refractivity contribution < 1.29 is 17.6 Å². The molecule has 1 rings (SSSR count). The molecule has 0 atom stereocenters. The van der Waals surface area contributed by atoms with Gasteiger partial charge in [-0.3, -0.25) is 0 Å². The van der Waals surface area contributed by atoms with Crippen LogP contribution < -0.4 is 15.8 Å². The van der Waals surface area contributed by atoms with Crippen LogP contribution in [-0.2, 0) is 10.0 Å². The van der Waals surface area contributed by atoms with Crippen molar-refractivity contribution in [3.63, 3.8) is 0 Å². The molecule has 0 radical (unpaired) electrons. The molecule has 20 heavy (non-hydrogen) atoms. The highest BCUT2D eigenvalue weighted by Crippen LogP contribution is 2.25. The zero-order valence-corrected chi connectivity index (χ0v) is 12.7. The Morgan fingerprint density at radius 2 is 1.90 bits per heavy atom. The highest BCUT2D eigenvalue weighted by atomic mass is 35.5. The molecule has 112 valence electrons. The third kappa shape index (κ3) is 4.24. The summed E-state index contributed by atoms with van der Waals surface area (Å²) < 4.78 is 39.3. The monoisotopic (exact) mass is 323 g/mol. The van der Waals surface area contributed by atoms with Crippen LogP contribution in [0, 0.1) is 5.82 Å². The van der Waals surface area contributed by atoms with Crippen LogP contribution in [0.25, 0.3) is 0 Å². The summed E-state index contributed by atoms with van der Waals surface area (Å²) in [5.41, 5.74) is 4.73. The highest BCUT2D eigenvalue weighted by molar-refractivity contribution is 7.90. The molecule has 0 saturated heterocycles. The molecule has 0 bridgehead atoms. The van der Waals surface area contributed by atoms with E-state index in [4.69, 9.17) is 17.3 Å². The number of carbonyl (C=O) groups is 1. The lowest BCUT2D eigenvalue weighted by atomic mass is 10.1. The average molecular weight is 324 g/mol. The maximum Gasteiger partial charge on any atom is 0.329 e. The number of benzene rings is 1. The number of nitrogens with one attached hydrogen (secondary N) is 2. The topological polar surface area (TPSA) is 101 Å². The number of sulfonamides is 1. The smallest absolute Gasteiger partial charge is 0.329 e. The van der Waals surface area contributed by atoms with Gasteiger partial charge < -0.3 is 11.1 Å². The molecule has 1 aromatic rings. The Labute approximate surface area is 121 Å². The number of nitrogen functional groups attached to an aromatic ring is 1. The van der Waals surface area contributed by atoms with Gasteiger partial charge in [0, 0.05) is 11.2 Å². The predicted molar refractivity (Wildman–Crippen MR) is 74.4 cm³/mol. The van der Waals surface area contributed by atoms with Gasteiger partial charge in [0.2, 0.25) is 0 Å². The number of nitrogens with two attached hydrogens (primary N) is 1. The number of amides is 2. The van der Waals surface area contributed by atoms with Crippen molar-refractivity contribution in [1.29, 1.82) is 0 Å². The van der Waals surface area contributed by atoms with E-state index in [9.17, 15) is 17.6 Å². The van der Waals surface area contributed by atoms with Gasteiger partial charge in [0.1, 0.15) is 4.90 Å². The molecule has 0 aromatic heterocycles. The highest BCUT2D eigenvalue weighted by Gasteiger charge is 2.25. The summed E-state index contributed by atoms with van der Waals surface area (Å²) in [6, 6.07) is 0.981. The van der Waals surface area contributed by atoms with E-state index < -0.39 is 37.3 Å². The molecule has 0 unspecified atom stereocenters. The molecular formula is C11H15ClFN3O3S. The van der Waals surface area contributed by atoms with Gasteiger partial charge in [0.05, 0.1) is 5.02 Å². The fraction of sp³-hybridized carbons (Fsp3) is 0.364. The van der Waals surface area contributed by atoms with Crippen molar-refractivity contribution in [2.24, 2.45) is 0 Å². The van der Waals surface area contributed by atoms with Gasteiger partial charge in [0.25, 0.3) is 10.0 Å². The van der Waals surface area contributed by atoms with Crippen LogP contribution in [0.15, 0.2) is 17.0 Å². The van der Waals surface area contributed by atoms with Crippen LogP contribution >= 0.6 is 11.6 Å². The quantitative estimate of drug-likeness (QED) is 0.723. The lowest BCUT2D eigenvalue weighted by Gasteiger charge is -2.20. The summed E-state index contributed by atoms with van der Waals surface area (Å²) in [5, 5.41) is 1.93. The van der Waals surface area contributed by atoms with Crippen LogP contribution in [-0.4, -0.2) is 20.0 Å². The first kappa shape index (κ1) is 16.5. The molecule has 6 nitrogen and oxygen atoms in total. The Kier molecular flexibility index (Phi) is 4.50. The molecule has 0 aliphatic rings. The maximum atomic E-state index is 13.7. The predicted octanol–water partition coefficient (Wildman–Crippen LogP) is 1.85. The second kappa shape index (κ2) is 5.45. The fourth-order valence-electron chi connectivity index (χ4n) is 1.32.